The summed E-state index contributed by atoms with van der Waals surface area (Å²) < 4.78 is 0. The van der Waals surface area contributed by atoms with Gasteiger partial charge in [-0.1, -0.05) is 30.3 Å². The minimum absolute atomic E-state index is 0.0450. The monoisotopic (exact) mass is 249 g/mol. The third kappa shape index (κ3) is 2.26. The predicted molar refractivity (Wildman–Crippen MR) is 67.8 cm³/mol. The van der Waals surface area contributed by atoms with Crippen LogP contribution in [0.4, 0.5) is 0 Å². The number of aliphatic hydroxyl groups is 2. The molecule has 1 heterocycles. The molecule has 4 nitrogen and oxygen atoms in total. The Morgan fingerprint density at radius 1 is 1.44 bits per heavy atom. The van der Waals surface area contributed by atoms with E-state index >= 15 is 0 Å². The van der Waals surface area contributed by atoms with Gasteiger partial charge in [-0.25, -0.2) is 0 Å². The lowest BCUT2D eigenvalue weighted by Gasteiger charge is -2.31. The Bertz CT molecular complexity index is 416. The molecule has 98 valence electrons. The summed E-state index contributed by atoms with van der Waals surface area (Å²) in [6.07, 6.45) is 1.68. The Morgan fingerprint density at radius 3 is 2.72 bits per heavy atom. The van der Waals surface area contributed by atoms with E-state index in [0.717, 1.165) is 12.8 Å². The summed E-state index contributed by atoms with van der Waals surface area (Å²) >= 11 is 0. The van der Waals surface area contributed by atoms with E-state index in [-0.39, 0.29) is 18.6 Å². The number of hydrogen-bond donors (Lipinski definition) is 2. The maximum absolute atomic E-state index is 12.4. The number of likely N-dealkylation sites (tertiary alicyclic amines) is 1. The SMILES string of the molecule is C[C@](O)(C(=O)N1CCC[C@H]1CO)c1ccccc1. The highest BCUT2D eigenvalue weighted by Gasteiger charge is 2.40. The minimum Gasteiger partial charge on any atom is -0.394 e. The van der Waals surface area contributed by atoms with Crippen molar-refractivity contribution in [2.45, 2.75) is 31.4 Å². The van der Waals surface area contributed by atoms with Crippen molar-refractivity contribution in [2.24, 2.45) is 0 Å². The molecule has 0 spiro atoms. The molecule has 1 aliphatic rings. The van der Waals surface area contributed by atoms with Crippen LogP contribution in [0.15, 0.2) is 30.3 Å². The molecule has 2 rings (SSSR count). The molecule has 18 heavy (non-hydrogen) atoms. The zero-order chi connectivity index (χ0) is 13.2. The molecule has 0 saturated carbocycles. The Balaban J connectivity index is 2.22. The maximum atomic E-state index is 12.4. The van der Waals surface area contributed by atoms with Crippen LogP contribution in [0, 0.1) is 0 Å². The molecule has 0 aromatic heterocycles. The lowest BCUT2D eigenvalue weighted by molar-refractivity contribution is -0.152. The Kier molecular flexibility index (Phi) is 3.68. The van der Waals surface area contributed by atoms with Crippen molar-refractivity contribution >= 4 is 5.91 Å². The zero-order valence-corrected chi connectivity index (χ0v) is 10.5. The summed E-state index contributed by atoms with van der Waals surface area (Å²) in [5.41, 5.74) is -0.947. The van der Waals surface area contributed by atoms with Gasteiger partial charge in [-0.05, 0) is 25.3 Å². The summed E-state index contributed by atoms with van der Waals surface area (Å²) in [4.78, 5) is 14.0. The first-order chi connectivity index (χ1) is 8.57. The standard InChI is InChI=1S/C14H19NO3/c1-14(18,11-6-3-2-4-7-11)13(17)15-9-5-8-12(15)10-16/h2-4,6-7,12,16,18H,5,8-10H2,1H3/t12-,14+/m0/s1. The third-order valence-corrected chi connectivity index (χ3v) is 3.60. The van der Waals surface area contributed by atoms with Gasteiger partial charge in [0.15, 0.2) is 5.60 Å². The predicted octanol–water partition coefficient (Wildman–Crippen LogP) is 0.877. The first-order valence-electron chi connectivity index (χ1n) is 6.27. The Labute approximate surface area is 107 Å². The molecule has 1 aliphatic heterocycles. The maximum Gasteiger partial charge on any atom is 0.259 e. The Hall–Kier alpha value is -1.39. The topological polar surface area (TPSA) is 60.8 Å². The van der Waals surface area contributed by atoms with Crippen LogP contribution in [0.5, 0.6) is 0 Å². The number of benzene rings is 1. The molecule has 1 aromatic carbocycles. The van der Waals surface area contributed by atoms with E-state index in [4.69, 9.17) is 0 Å². The van der Waals surface area contributed by atoms with Crippen LogP contribution in [-0.4, -0.2) is 40.2 Å². The van der Waals surface area contributed by atoms with Gasteiger partial charge in [0.2, 0.25) is 0 Å². The number of rotatable bonds is 3. The fourth-order valence-electron chi connectivity index (χ4n) is 2.46. The largest absolute Gasteiger partial charge is 0.394 e. The highest BCUT2D eigenvalue weighted by Crippen LogP contribution is 2.27. The van der Waals surface area contributed by atoms with Crippen molar-refractivity contribution in [1.29, 1.82) is 0 Å². The lowest BCUT2D eigenvalue weighted by Crippen LogP contribution is -2.48. The average Bonchev–Trinajstić information content (AvgIpc) is 2.87. The molecule has 0 bridgehead atoms. The fraction of sp³-hybridized carbons (Fsp3) is 0.500. The molecule has 1 amide bonds. The Morgan fingerprint density at radius 2 is 2.11 bits per heavy atom. The molecule has 2 atom stereocenters. The van der Waals surface area contributed by atoms with E-state index in [2.05, 4.69) is 0 Å². The molecular weight excluding hydrogens is 230 g/mol. The minimum atomic E-state index is -1.53. The second-order valence-electron chi connectivity index (χ2n) is 4.92. The molecule has 0 radical (unpaired) electrons. The smallest absolute Gasteiger partial charge is 0.259 e. The second-order valence-corrected chi connectivity index (χ2v) is 4.92. The molecule has 0 unspecified atom stereocenters. The van der Waals surface area contributed by atoms with E-state index in [1.54, 1.807) is 29.2 Å². The van der Waals surface area contributed by atoms with Crippen LogP contribution >= 0.6 is 0 Å². The molecule has 4 heteroatoms. The lowest BCUT2D eigenvalue weighted by atomic mass is 9.94. The summed E-state index contributed by atoms with van der Waals surface area (Å²) in [6.45, 7) is 2.07. The quantitative estimate of drug-likeness (QED) is 0.836. The first-order valence-corrected chi connectivity index (χ1v) is 6.27. The van der Waals surface area contributed by atoms with Crippen LogP contribution in [0.2, 0.25) is 0 Å². The highest BCUT2D eigenvalue weighted by atomic mass is 16.3. The number of carbonyl (C=O) groups is 1. The van der Waals surface area contributed by atoms with E-state index in [1.165, 1.54) is 6.92 Å². The second kappa shape index (κ2) is 5.08. The van der Waals surface area contributed by atoms with Gasteiger partial charge >= 0.3 is 0 Å². The van der Waals surface area contributed by atoms with Gasteiger partial charge in [-0.15, -0.1) is 0 Å². The van der Waals surface area contributed by atoms with Crippen molar-refractivity contribution in [3.63, 3.8) is 0 Å². The van der Waals surface area contributed by atoms with Crippen molar-refractivity contribution in [2.75, 3.05) is 13.2 Å². The number of nitrogens with zero attached hydrogens (tertiary/aromatic N) is 1. The molecule has 2 N–H and O–H groups in total. The van der Waals surface area contributed by atoms with Crippen LogP contribution in [0.3, 0.4) is 0 Å². The van der Waals surface area contributed by atoms with Gasteiger partial charge in [0.1, 0.15) is 0 Å². The van der Waals surface area contributed by atoms with Gasteiger partial charge in [0.05, 0.1) is 12.6 Å². The normalized spacial score (nSPS) is 22.8. The first kappa shape index (κ1) is 13.1. The molecule has 0 aliphatic carbocycles. The molecule has 1 aromatic rings. The zero-order valence-electron chi connectivity index (χ0n) is 10.5. The van der Waals surface area contributed by atoms with Crippen LogP contribution < -0.4 is 0 Å². The molecular formula is C14H19NO3. The van der Waals surface area contributed by atoms with Crippen LogP contribution in [0.1, 0.15) is 25.3 Å². The summed E-state index contributed by atoms with van der Waals surface area (Å²) in [5, 5.41) is 19.7. The van der Waals surface area contributed by atoms with Gasteiger partial charge in [-0.2, -0.15) is 0 Å². The summed E-state index contributed by atoms with van der Waals surface area (Å²) in [5.74, 6) is -0.328. The van der Waals surface area contributed by atoms with E-state index in [1.807, 2.05) is 6.07 Å². The van der Waals surface area contributed by atoms with Gasteiger partial charge in [0.25, 0.3) is 5.91 Å². The van der Waals surface area contributed by atoms with Crippen molar-refractivity contribution in [3.05, 3.63) is 35.9 Å². The number of hydrogen-bond acceptors (Lipinski definition) is 3. The van der Waals surface area contributed by atoms with Crippen LogP contribution in [0.25, 0.3) is 0 Å². The van der Waals surface area contributed by atoms with E-state index in [9.17, 15) is 15.0 Å². The van der Waals surface area contributed by atoms with E-state index in [0.29, 0.717) is 12.1 Å². The number of carbonyl (C=O) groups excluding carboxylic acids is 1. The van der Waals surface area contributed by atoms with Gasteiger partial charge in [0, 0.05) is 6.54 Å². The van der Waals surface area contributed by atoms with Gasteiger partial charge < -0.3 is 15.1 Å². The third-order valence-electron chi connectivity index (χ3n) is 3.60. The number of amides is 1. The van der Waals surface area contributed by atoms with Crippen molar-refractivity contribution in [3.8, 4) is 0 Å². The summed E-state index contributed by atoms with van der Waals surface area (Å²) in [6, 6.07) is 8.75. The number of aliphatic hydroxyl groups excluding tert-OH is 1. The summed E-state index contributed by atoms with van der Waals surface area (Å²) in [7, 11) is 0. The molecule has 1 saturated heterocycles. The highest BCUT2D eigenvalue weighted by molar-refractivity contribution is 5.86. The fourth-order valence-corrected chi connectivity index (χ4v) is 2.46. The average molecular weight is 249 g/mol. The van der Waals surface area contributed by atoms with E-state index < -0.39 is 5.60 Å². The van der Waals surface area contributed by atoms with Crippen molar-refractivity contribution < 1.29 is 15.0 Å². The van der Waals surface area contributed by atoms with Crippen molar-refractivity contribution in [1.82, 2.24) is 4.90 Å². The van der Waals surface area contributed by atoms with Crippen LogP contribution in [-0.2, 0) is 10.4 Å². The van der Waals surface area contributed by atoms with Gasteiger partial charge in [-0.3, -0.25) is 4.79 Å². The molecule has 1 fully saturated rings.